The second-order valence-electron chi connectivity index (χ2n) is 4.29. The first kappa shape index (κ1) is 17.5. The second-order valence-corrected chi connectivity index (χ2v) is 5.85. The molecule has 0 spiro atoms. The molecule has 8 heteroatoms. The Labute approximate surface area is 123 Å². The monoisotopic (exact) mass is 319 g/mol. The zero-order chi connectivity index (χ0) is 15.9. The lowest BCUT2D eigenvalue weighted by molar-refractivity contribution is 0.0309. The van der Waals surface area contributed by atoms with Gasteiger partial charge < -0.3 is 9.47 Å². The van der Waals surface area contributed by atoms with Crippen LogP contribution in [0.25, 0.3) is 0 Å². The molecule has 0 radical (unpaired) electrons. The molecule has 118 valence electrons. The van der Waals surface area contributed by atoms with Gasteiger partial charge in [0.15, 0.2) is 0 Å². The van der Waals surface area contributed by atoms with E-state index in [1.807, 2.05) is 6.92 Å². The highest BCUT2D eigenvalue weighted by atomic mass is 32.2. The van der Waals surface area contributed by atoms with Crippen LogP contribution in [0.5, 0.6) is 0 Å². The number of benzene rings is 1. The fourth-order valence-electron chi connectivity index (χ4n) is 1.46. The predicted molar refractivity (Wildman–Crippen MR) is 73.8 cm³/mol. The first-order valence-corrected chi connectivity index (χ1v) is 7.98. The zero-order valence-corrected chi connectivity index (χ0v) is 12.5. The van der Waals surface area contributed by atoms with Crippen molar-refractivity contribution in [2.45, 2.75) is 24.7 Å². The third kappa shape index (κ3) is 5.78. The molecule has 0 unspecified atom stereocenters. The molecule has 0 bridgehead atoms. The Balaban J connectivity index is 2.62. The number of ether oxygens (including phenoxy) is 2. The normalized spacial score (nSPS) is 11.4. The first-order valence-electron chi connectivity index (χ1n) is 6.43. The minimum absolute atomic E-state index is 0.0401. The van der Waals surface area contributed by atoms with Crippen LogP contribution in [-0.2, 0) is 19.5 Å². The van der Waals surface area contributed by atoms with Crippen LogP contribution in [0.15, 0.2) is 23.1 Å². The van der Waals surface area contributed by atoms with E-state index in [4.69, 9.17) is 14.6 Å². The average Bonchev–Trinajstić information content (AvgIpc) is 2.41. The molecule has 0 aliphatic rings. The van der Waals surface area contributed by atoms with E-state index >= 15 is 0 Å². The van der Waals surface area contributed by atoms with Gasteiger partial charge in [-0.15, -0.1) is 0 Å². The quantitative estimate of drug-likeness (QED) is 0.578. The molecule has 1 rings (SSSR count). The van der Waals surface area contributed by atoms with Gasteiger partial charge in [-0.3, -0.25) is 0 Å². The Kier molecular flexibility index (Phi) is 6.73. The molecule has 0 heterocycles. The highest BCUT2D eigenvalue weighted by Gasteiger charge is 2.17. The van der Waals surface area contributed by atoms with E-state index in [0.717, 1.165) is 31.0 Å². The minimum Gasteiger partial charge on any atom is -0.460 e. The summed E-state index contributed by atoms with van der Waals surface area (Å²) >= 11 is 0. The van der Waals surface area contributed by atoms with Crippen molar-refractivity contribution in [1.82, 2.24) is 0 Å². The molecule has 0 atom stereocenters. The van der Waals surface area contributed by atoms with Crippen molar-refractivity contribution < 1.29 is 27.1 Å². The van der Waals surface area contributed by atoms with Crippen LogP contribution in [0, 0.1) is 5.82 Å². The van der Waals surface area contributed by atoms with Gasteiger partial charge in [0.1, 0.15) is 12.4 Å². The van der Waals surface area contributed by atoms with Crippen molar-refractivity contribution in [1.29, 1.82) is 0 Å². The molecule has 21 heavy (non-hydrogen) atoms. The predicted octanol–water partition coefficient (Wildman–Crippen LogP) is 1.45. The van der Waals surface area contributed by atoms with Crippen molar-refractivity contribution in [2.24, 2.45) is 5.14 Å². The summed E-state index contributed by atoms with van der Waals surface area (Å²) in [6, 6.07) is 2.69. The lowest BCUT2D eigenvalue weighted by Gasteiger charge is -2.07. The number of hydrogen-bond donors (Lipinski definition) is 1. The van der Waals surface area contributed by atoms with Crippen LogP contribution in [0.3, 0.4) is 0 Å². The van der Waals surface area contributed by atoms with Gasteiger partial charge in [-0.1, -0.05) is 13.3 Å². The summed E-state index contributed by atoms with van der Waals surface area (Å²) in [5.41, 5.74) is -0.477. The summed E-state index contributed by atoms with van der Waals surface area (Å²) in [7, 11) is -4.01. The maximum absolute atomic E-state index is 13.5. The molecule has 0 amide bonds. The Bertz CT molecular complexity index is 588. The third-order valence-electron chi connectivity index (χ3n) is 2.59. The van der Waals surface area contributed by atoms with E-state index in [1.165, 1.54) is 0 Å². The minimum atomic E-state index is -4.01. The molecule has 1 aromatic rings. The number of carbonyl (C=O) groups excluding carboxylic acids is 1. The van der Waals surface area contributed by atoms with Crippen LogP contribution in [0.4, 0.5) is 4.39 Å². The molecule has 6 nitrogen and oxygen atoms in total. The number of esters is 1. The summed E-state index contributed by atoms with van der Waals surface area (Å²) < 4.78 is 45.8. The van der Waals surface area contributed by atoms with E-state index in [9.17, 15) is 17.6 Å². The van der Waals surface area contributed by atoms with Crippen LogP contribution in [0.2, 0.25) is 0 Å². The first-order chi connectivity index (χ1) is 9.86. The molecular formula is C13H18FNO5S. The van der Waals surface area contributed by atoms with Crippen molar-refractivity contribution in [2.75, 3.05) is 19.8 Å². The standard InChI is InChI=1S/C13H18FNO5S/c1-2-3-6-19-7-8-20-13(16)11-9-10(21(15,17)18)4-5-12(11)14/h4-5,9H,2-3,6-8H2,1H3,(H2,15,17,18). The number of carbonyl (C=O) groups is 1. The molecule has 0 aliphatic carbocycles. The molecule has 0 saturated carbocycles. The number of hydrogen-bond acceptors (Lipinski definition) is 5. The van der Waals surface area contributed by atoms with Crippen molar-refractivity contribution in [3.8, 4) is 0 Å². The summed E-state index contributed by atoms with van der Waals surface area (Å²) in [6.45, 7) is 2.73. The third-order valence-corrected chi connectivity index (χ3v) is 3.50. The van der Waals surface area contributed by atoms with E-state index in [0.29, 0.717) is 6.61 Å². The number of unbranched alkanes of at least 4 members (excludes halogenated alkanes) is 1. The van der Waals surface area contributed by atoms with Gasteiger partial charge in [0, 0.05) is 6.61 Å². The van der Waals surface area contributed by atoms with Gasteiger partial charge >= 0.3 is 5.97 Å². The van der Waals surface area contributed by atoms with E-state index in [2.05, 4.69) is 0 Å². The topological polar surface area (TPSA) is 95.7 Å². The van der Waals surface area contributed by atoms with Crippen molar-refractivity contribution >= 4 is 16.0 Å². The fourth-order valence-corrected chi connectivity index (χ4v) is 2.00. The largest absolute Gasteiger partial charge is 0.460 e. The van der Waals surface area contributed by atoms with Crippen LogP contribution < -0.4 is 5.14 Å². The van der Waals surface area contributed by atoms with Gasteiger partial charge in [0.05, 0.1) is 17.1 Å². The fraction of sp³-hybridized carbons (Fsp3) is 0.462. The summed E-state index contributed by atoms with van der Waals surface area (Å²) in [5.74, 6) is -1.84. The van der Waals surface area contributed by atoms with Gasteiger partial charge in [-0.2, -0.15) is 0 Å². The van der Waals surface area contributed by atoms with Gasteiger partial charge in [0.2, 0.25) is 10.0 Å². The number of halogens is 1. The van der Waals surface area contributed by atoms with E-state index in [-0.39, 0.29) is 18.1 Å². The molecule has 2 N–H and O–H groups in total. The maximum atomic E-state index is 13.5. The Morgan fingerprint density at radius 3 is 2.62 bits per heavy atom. The lowest BCUT2D eigenvalue weighted by Crippen LogP contribution is -2.16. The van der Waals surface area contributed by atoms with Crippen molar-refractivity contribution in [3.05, 3.63) is 29.6 Å². The maximum Gasteiger partial charge on any atom is 0.341 e. The molecule has 0 aromatic heterocycles. The Hall–Kier alpha value is -1.51. The van der Waals surface area contributed by atoms with E-state index in [1.54, 1.807) is 0 Å². The summed E-state index contributed by atoms with van der Waals surface area (Å²) in [5, 5.41) is 4.92. The van der Waals surface area contributed by atoms with E-state index < -0.39 is 27.4 Å². The smallest absolute Gasteiger partial charge is 0.341 e. The molecular weight excluding hydrogens is 301 g/mol. The number of primary sulfonamides is 1. The highest BCUT2D eigenvalue weighted by molar-refractivity contribution is 7.89. The van der Waals surface area contributed by atoms with Crippen LogP contribution in [0.1, 0.15) is 30.1 Å². The number of sulfonamides is 1. The van der Waals surface area contributed by atoms with Crippen LogP contribution in [-0.4, -0.2) is 34.2 Å². The zero-order valence-electron chi connectivity index (χ0n) is 11.7. The SMILES string of the molecule is CCCCOCCOC(=O)c1cc(S(N)(=O)=O)ccc1F. The lowest BCUT2D eigenvalue weighted by atomic mass is 10.2. The van der Waals surface area contributed by atoms with Gasteiger partial charge in [-0.05, 0) is 24.6 Å². The Morgan fingerprint density at radius 2 is 2.00 bits per heavy atom. The summed E-state index contributed by atoms with van der Waals surface area (Å²) in [4.78, 5) is 11.3. The Morgan fingerprint density at radius 1 is 1.29 bits per heavy atom. The number of nitrogens with two attached hydrogens (primary N) is 1. The highest BCUT2D eigenvalue weighted by Crippen LogP contribution is 2.15. The van der Waals surface area contributed by atoms with Gasteiger partial charge in [0.25, 0.3) is 0 Å². The van der Waals surface area contributed by atoms with Crippen LogP contribution >= 0.6 is 0 Å². The molecule has 0 aliphatic heterocycles. The molecule has 1 aromatic carbocycles. The number of rotatable bonds is 8. The summed E-state index contributed by atoms with van der Waals surface area (Å²) in [6.07, 6.45) is 1.89. The molecule has 0 fully saturated rings. The van der Waals surface area contributed by atoms with Crippen molar-refractivity contribution in [3.63, 3.8) is 0 Å². The van der Waals surface area contributed by atoms with Gasteiger partial charge in [-0.25, -0.2) is 22.7 Å². The molecule has 0 saturated heterocycles. The second kappa shape index (κ2) is 8.06. The average molecular weight is 319 g/mol.